The molecule has 1 aromatic rings. The molecule has 0 heterocycles. The van der Waals surface area contributed by atoms with Crippen molar-refractivity contribution in [2.24, 2.45) is 0 Å². The lowest BCUT2D eigenvalue weighted by Crippen LogP contribution is -2.17. The van der Waals surface area contributed by atoms with Crippen LogP contribution in [0.1, 0.15) is 5.56 Å². The summed E-state index contributed by atoms with van der Waals surface area (Å²) in [5, 5.41) is 0. The molecule has 0 amide bonds. The van der Waals surface area contributed by atoms with Crippen LogP contribution in [0.3, 0.4) is 0 Å². The van der Waals surface area contributed by atoms with E-state index in [4.69, 9.17) is 5.73 Å². The smallest absolute Gasteiger partial charge is 0.399 e. The number of nitrogen functional groups attached to an aromatic ring is 1. The number of hydrogen-bond acceptors (Lipinski definition) is 2. The van der Waals surface area contributed by atoms with Crippen molar-refractivity contribution in [2.75, 3.05) is 5.73 Å². The van der Waals surface area contributed by atoms with E-state index in [0.717, 1.165) is 6.07 Å². The molecule has 14 heavy (non-hydrogen) atoms. The summed E-state index contributed by atoms with van der Waals surface area (Å²) < 4.78 is 47.3. The van der Waals surface area contributed by atoms with E-state index in [1.165, 1.54) is 19.1 Å². The first-order valence-electron chi connectivity index (χ1n) is 3.67. The summed E-state index contributed by atoms with van der Waals surface area (Å²) in [5.41, 5.74) is 1.05. The minimum Gasteiger partial charge on any atom is -0.399 e. The molecule has 1 aromatic carbocycles. The van der Waals surface area contributed by atoms with E-state index in [-0.39, 0.29) is 10.6 Å². The number of halogens is 3. The van der Waals surface area contributed by atoms with Crippen molar-refractivity contribution in [3.05, 3.63) is 23.8 Å². The van der Waals surface area contributed by atoms with Gasteiger partial charge in [-0.25, -0.2) is 4.21 Å². The molecule has 2 nitrogen and oxygen atoms in total. The lowest BCUT2D eigenvalue weighted by atomic mass is 10.2. The summed E-state index contributed by atoms with van der Waals surface area (Å²) in [5.74, 6) is 0. The first-order valence-corrected chi connectivity index (χ1v) is 4.82. The summed E-state index contributed by atoms with van der Waals surface area (Å²) >= 11 is 0. The zero-order valence-electron chi connectivity index (χ0n) is 7.26. The van der Waals surface area contributed by atoms with E-state index in [2.05, 4.69) is 0 Å². The van der Waals surface area contributed by atoms with Gasteiger partial charge in [-0.1, -0.05) is 6.07 Å². The van der Waals surface area contributed by atoms with Crippen LogP contribution >= 0.6 is 0 Å². The molecule has 2 N–H and O–H groups in total. The molecule has 0 radical (unpaired) electrons. The van der Waals surface area contributed by atoms with E-state index in [0.29, 0.717) is 5.56 Å². The van der Waals surface area contributed by atoms with Gasteiger partial charge in [-0.15, -0.1) is 0 Å². The molecule has 1 atom stereocenters. The highest BCUT2D eigenvalue weighted by molar-refractivity contribution is 7.86. The lowest BCUT2D eigenvalue weighted by molar-refractivity contribution is -0.0384. The predicted octanol–water partition coefficient (Wildman–Crippen LogP) is 2.20. The minimum atomic E-state index is -4.74. The Labute approximate surface area is 81.4 Å². The third-order valence-corrected chi connectivity index (χ3v) is 2.88. The van der Waals surface area contributed by atoms with Crippen LogP contribution in [-0.4, -0.2) is 9.72 Å². The summed E-state index contributed by atoms with van der Waals surface area (Å²) in [6, 6.07) is 3.96. The number of rotatable bonds is 1. The van der Waals surface area contributed by atoms with E-state index in [1.54, 1.807) is 0 Å². The van der Waals surface area contributed by atoms with Gasteiger partial charge in [0.05, 0.1) is 4.90 Å². The van der Waals surface area contributed by atoms with Gasteiger partial charge in [-0.2, -0.15) is 13.2 Å². The summed E-state index contributed by atoms with van der Waals surface area (Å²) in [6.07, 6.45) is 0. The first-order chi connectivity index (χ1) is 6.32. The van der Waals surface area contributed by atoms with Crippen molar-refractivity contribution in [3.63, 3.8) is 0 Å². The third kappa shape index (κ3) is 2.25. The number of hydrogen-bond donors (Lipinski definition) is 1. The molecule has 0 aliphatic heterocycles. The average molecular weight is 223 g/mol. The maximum absolute atomic E-state index is 12.1. The summed E-state index contributed by atoms with van der Waals surface area (Å²) in [7, 11) is -3.00. The highest BCUT2D eigenvalue weighted by atomic mass is 32.2. The normalized spacial score (nSPS) is 14.0. The van der Waals surface area contributed by atoms with Gasteiger partial charge < -0.3 is 5.73 Å². The monoisotopic (exact) mass is 223 g/mol. The molecule has 0 saturated carbocycles. The van der Waals surface area contributed by atoms with Gasteiger partial charge >= 0.3 is 5.51 Å². The van der Waals surface area contributed by atoms with Crippen LogP contribution in [0.15, 0.2) is 23.1 Å². The van der Waals surface area contributed by atoms with Gasteiger partial charge in [-0.05, 0) is 24.6 Å². The Morgan fingerprint density at radius 2 is 1.93 bits per heavy atom. The molecule has 0 aromatic heterocycles. The maximum Gasteiger partial charge on any atom is 0.475 e. The van der Waals surface area contributed by atoms with Gasteiger partial charge in [0.2, 0.25) is 0 Å². The average Bonchev–Trinajstić information content (AvgIpc) is 2.06. The van der Waals surface area contributed by atoms with Gasteiger partial charge in [0.1, 0.15) is 0 Å². The maximum atomic E-state index is 12.1. The zero-order chi connectivity index (χ0) is 10.9. The summed E-state index contributed by atoms with van der Waals surface area (Å²) in [6.45, 7) is 1.46. The zero-order valence-corrected chi connectivity index (χ0v) is 8.08. The number of alkyl halides is 3. The standard InChI is InChI=1S/C8H8F3NOS/c1-5-2-3-6(12)4-7(5)14(13)8(9,10)11/h2-4H,12H2,1H3. The van der Waals surface area contributed by atoms with E-state index < -0.39 is 16.3 Å². The molecule has 1 unspecified atom stereocenters. The highest BCUT2D eigenvalue weighted by Crippen LogP contribution is 2.29. The molecular formula is C8H8F3NOS. The second-order valence-electron chi connectivity index (χ2n) is 2.74. The molecule has 0 fully saturated rings. The Kier molecular flexibility index (Phi) is 2.84. The van der Waals surface area contributed by atoms with Crippen molar-refractivity contribution in [1.82, 2.24) is 0 Å². The molecule has 0 saturated heterocycles. The van der Waals surface area contributed by atoms with Gasteiger partial charge in [-0.3, -0.25) is 0 Å². The lowest BCUT2D eigenvalue weighted by Gasteiger charge is -2.09. The SMILES string of the molecule is Cc1ccc(N)cc1S(=O)C(F)(F)F. The van der Waals surface area contributed by atoms with Crippen LogP contribution in [0.5, 0.6) is 0 Å². The van der Waals surface area contributed by atoms with Gasteiger partial charge in [0.15, 0.2) is 10.8 Å². The predicted molar refractivity (Wildman–Crippen MR) is 48.1 cm³/mol. The second-order valence-corrected chi connectivity index (χ2v) is 4.18. The molecule has 6 heteroatoms. The molecule has 1 rings (SSSR count). The van der Waals surface area contributed by atoms with Crippen LogP contribution in [0.4, 0.5) is 18.9 Å². The van der Waals surface area contributed by atoms with Crippen LogP contribution in [0.25, 0.3) is 0 Å². The third-order valence-electron chi connectivity index (χ3n) is 1.62. The topological polar surface area (TPSA) is 43.1 Å². The Morgan fingerprint density at radius 3 is 2.43 bits per heavy atom. The van der Waals surface area contributed by atoms with Crippen molar-refractivity contribution in [3.8, 4) is 0 Å². The molecule has 0 aliphatic carbocycles. The first kappa shape index (κ1) is 11.0. The fraction of sp³-hybridized carbons (Fsp3) is 0.250. The molecule has 0 bridgehead atoms. The molecule has 0 aliphatic rings. The molecule has 0 spiro atoms. The Morgan fingerprint density at radius 1 is 1.36 bits per heavy atom. The van der Waals surface area contributed by atoms with E-state index >= 15 is 0 Å². The Balaban J connectivity index is 3.19. The number of aryl methyl sites for hydroxylation is 1. The van der Waals surface area contributed by atoms with Crippen LogP contribution in [-0.2, 0) is 10.8 Å². The molecule has 78 valence electrons. The van der Waals surface area contributed by atoms with Crippen LogP contribution < -0.4 is 5.73 Å². The quantitative estimate of drug-likeness (QED) is 0.742. The van der Waals surface area contributed by atoms with E-state index in [9.17, 15) is 17.4 Å². The fourth-order valence-electron chi connectivity index (χ4n) is 0.941. The van der Waals surface area contributed by atoms with Crippen molar-refractivity contribution < 1.29 is 17.4 Å². The molecular weight excluding hydrogens is 215 g/mol. The largest absolute Gasteiger partial charge is 0.475 e. The highest BCUT2D eigenvalue weighted by Gasteiger charge is 2.38. The minimum absolute atomic E-state index is 0.170. The van der Waals surface area contributed by atoms with Gasteiger partial charge in [0, 0.05) is 5.69 Å². The van der Waals surface area contributed by atoms with Crippen molar-refractivity contribution in [2.45, 2.75) is 17.3 Å². The van der Waals surface area contributed by atoms with Gasteiger partial charge in [0.25, 0.3) is 0 Å². The Bertz CT molecular complexity index is 375. The van der Waals surface area contributed by atoms with Crippen molar-refractivity contribution >= 4 is 16.5 Å². The van der Waals surface area contributed by atoms with E-state index in [1.807, 2.05) is 0 Å². The fourth-order valence-corrected chi connectivity index (χ4v) is 1.79. The van der Waals surface area contributed by atoms with Crippen LogP contribution in [0.2, 0.25) is 0 Å². The number of benzene rings is 1. The summed E-state index contributed by atoms with van der Waals surface area (Å²) in [4.78, 5) is -0.280. The second kappa shape index (κ2) is 3.61. The van der Waals surface area contributed by atoms with Crippen molar-refractivity contribution in [1.29, 1.82) is 0 Å². The Hall–Kier alpha value is -1.04. The van der Waals surface area contributed by atoms with Crippen LogP contribution in [0, 0.1) is 6.92 Å². The number of anilines is 1. The number of nitrogens with two attached hydrogens (primary N) is 1.